The van der Waals surface area contributed by atoms with Gasteiger partial charge < -0.3 is 4.90 Å². The minimum absolute atomic E-state index is 0.223. The van der Waals surface area contributed by atoms with Crippen molar-refractivity contribution in [3.8, 4) is 5.40 Å². The predicted octanol–water partition coefficient (Wildman–Crippen LogP) is 3.16. The van der Waals surface area contributed by atoms with E-state index in [-0.39, 0.29) is 9.79 Å². The van der Waals surface area contributed by atoms with Crippen LogP contribution in [0, 0.1) is 10.7 Å². The summed E-state index contributed by atoms with van der Waals surface area (Å²) in [4.78, 5) is 3.06. The molecule has 0 spiro atoms. The number of thiocyanates is 1. The molecule has 0 saturated carbocycles. The fraction of sp³-hybridized carbons (Fsp3) is 0.133. The van der Waals surface area contributed by atoms with E-state index in [1.54, 1.807) is 30.3 Å². The second kappa shape index (κ2) is 6.20. The first-order valence-electron chi connectivity index (χ1n) is 6.13. The molecule has 0 heterocycles. The molecule has 0 radical (unpaired) electrons. The molecule has 2 rings (SSSR count). The molecular formula is C15H14N2O2S2. The number of nitrogens with zero attached hydrogens (tertiary/aromatic N) is 2. The highest BCUT2D eigenvalue weighted by atomic mass is 32.2. The van der Waals surface area contributed by atoms with E-state index in [1.807, 2.05) is 30.5 Å². The van der Waals surface area contributed by atoms with Gasteiger partial charge >= 0.3 is 0 Å². The molecule has 0 aliphatic carbocycles. The van der Waals surface area contributed by atoms with Gasteiger partial charge in [-0.15, -0.1) is 0 Å². The normalized spacial score (nSPS) is 10.9. The zero-order valence-electron chi connectivity index (χ0n) is 11.6. The van der Waals surface area contributed by atoms with Crippen LogP contribution < -0.4 is 4.90 Å². The van der Waals surface area contributed by atoms with Crippen molar-refractivity contribution in [1.29, 1.82) is 5.26 Å². The fourth-order valence-electron chi connectivity index (χ4n) is 1.80. The van der Waals surface area contributed by atoms with Gasteiger partial charge in [0.2, 0.25) is 9.84 Å². The number of benzene rings is 2. The van der Waals surface area contributed by atoms with E-state index in [0.29, 0.717) is 0 Å². The molecule has 108 valence electrons. The Balaban J connectivity index is 2.42. The first-order valence-corrected chi connectivity index (χ1v) is 8.43. The van der Waals surface area contributed by atoms with E-state index >= 15 is 0 Å². The number of hydrogen-bond acceptors (Lipinski definition) is 5. The lowest BCUT2D eigenvalue weighted by Gasteiger charge is -2.13. The number of sulfone groups is 1. The summed E-state index contributed by atoms with van der Waals surface area (Å²) in [5, 5.41) is 10.6. The Morgan fingerprint density at radius 3 is 2.29 bits per heavy atom. The third kappa shape index (κ3) is 3.38. The second-order valence-electron chi connectivity index (χ2n) is 4.56. The maximum absolute atomic E-state index is 12.6. The van der Waals surface area contributed by atoms with Crippen molar-refractivity contribution in [2.75, 3.05) is 19.0 Å². The van der Waals surface area contributed by atoms with Crippen molar-refractivity contribution in [2.24, 2.45) is 0 Å². The summed E-state index contributed by atoms with van der Waals surface area (Å²) >= 11 is 1.00. The molecule has 0 aromatic heterocycles. The van der Waals surface area contributed by atoms with Crippen molar-refractivity contribution in [2.45, 2.75) is 14.7 Å². The summed E-state index contributed by atoms with van der Waals surface area (Å²) in [5.41, 5.74) is 0.827. The predicted molar refractivity (Wildman–Crippen MR) is 84.1 cm³/mol. The molecule has 0 atom stereocenters. The Morgan fingerprint density at radius 1 is 1.05 bits per heavy atom. The maximum Gasteiger partial charge on any atom is 0.206 e. The smallest absolute Gasteiger partial charge is 0.206 e. The van der Waals surface area contributed by atoms with Crippen LogP contribution in [0.25, 0.3) is 0 Å². The van der Waals surface area contributed by atoms with Crippen molar-refractivity contribution in [3.05, 3.63) is 48.5 Å². The monoisotopic (exact) mass is 318 g/mol. The van der Waals surface area contributed by atoms with E-state index in [1.165, 1.54) is 12.1 Å². The van der Waals surface area contributed by atoms with Crippen LogP contribution in [0.1, 0.15) is 0 Å². The van der Waals surface area contributed by atoms with Gasteiger partial charge in [-0.25, -0.2) is 8.42 Å². The summed E-state index contributed by atoms with van der Waals surface area (Å²) in [7, 11) is 0.176. The molecule has 0 unspecified atom stereocenters. The maximum atomic E-state index is 12.6. The highest BCUT2D eigenvalue weighted by Crippen LogP contribution is 2.26. The third-order valence-electron chi connectivity index (χ3n) is 2.94. The summed E-state index contributed by atoms with van der Waals surface area (Å²) in [6.07, 6.45) is 0. The Labute approximate surface area is 128 Å². The number of nitriles is 1. The van der Waals surface area contributed by atoms with Crippen molar-refractivity contribution >= 4 is 27.3 Å². The Morgan fingerprint density at radius 2 is 1.71 bits per heavy atom. The van der Waals surface area contributed by atoms with Crippen LogP contribution in [-0.4, -0.2) is 22.5 Å². The topological polar surface area (TPSA) is 61.2 Å². The van der Waals surface area contributed by atoms with Crippen molar-refractivity contribution in [3.63, 3.8) is 0 Å². The van der Waals surface area contributed by atoms with E-state index in [0.717, 1.165) is 22.3 Å². The molecule has 0 N–H and O–H groups in total. The van der Waals surface area contributed by atoms with Crippen LogP contribution in [0.2, 0.25) is 0 Å². The Bertz CT molecular complexity index is 776. The van der Waals surface area contributed by atoms with Crippen LogP contribution >= 0.6 is 11.8 Å². The number of anilines is 1. The molecule has 6 heteroatoms. The SMILES string of the molecule is CN(C)c1cccc(S(=O)(=O)c2ccc(SC#N)cc2)c1. The minimum atomic E-state index is -3.55. The van der Waals surface area contributed by atoms with E-state index in [2.05, 4.69) is 0 Å². The highest BCUT2D eigenvalue weighted by Gasteiger charge is 2.18. The lowest BCUT2D eigenvalue weighted by atomic mass is 10.3. The van der Waals surface area contributed by atoms with Gasteiger partial charge in [-0.05, 0) is 54.2 Å². The third-order valence-corrected chi connectivity index (χ3v) is 5.31. The molecule has 21 heavy (non-hydrogen) atoms. The van der Waals surface area contributed by atoms with Gasteiger partial charge in [-0.2, -0.15) is 5.26 Å². The fourth-order valence-corrected chi connectivity index (χ4v) is 3.48. The molecule has 0 bridgehead atoms. The lowest BCUT2D eigenvalue weighted by molar-refractivity contribution is 0.596. The lowest BCUT2D eigenvalue weighted by Crippen LogP contribution is -2.10. The molecule has 0 aliphatic heterocycles. The van der Waals surface area contributed by atoms with Gasteiger partial charge in [0.1, 0.15) is 5.40 Å². The van der Waals surface area contributed by atoms with Crippen LogP contribution in [0.5, 0.6) is 0 Å². The van der Waals surface area contributed by atoms with Crippen molar-refractivity contribution < 1.29 is 8.42 Å². The van der Waals surface area contributed by atoms with Crippen LogP contribution in [0.4, 0.5) is 5.69 Å². The van der Waals surface area contributed by atoms with Gasteiger partial charge in [-0.1, -0.05) is 6.07 Å². The van der Waals surface area contributed by atoms with E-state index in [9.17, 15) is 8.42 Å². The first kappa shape index (κ1) is 15.4. The molecule has 0 aliphatic rings. The number of thioether (sulfide) groups is 1. The zero-order valence-corrected chi connectivity index (χ0v) is 13.3. The molecule has 2 aromatic rings. The summed E-state index contributed by atoms with van der Waals surface area (Å²) < 4.78 is 25.2. The second-order valence-corrected chi connectivity index (χ2v) is 7.37. The van der Waals surface area contributed by atoms with Gasteiger partial charge in [0.25, 0.3) is 0 Å². The Kier molecular flexibility index (Phi) is 4.56. The van der Waals surface area contributed by atoms with Gasteiger partial charge in [-0.3, -0.25) is 0 Å². The van der Waals surface area contributed by atoms with Gasteiger partial charge in [0, 0.05) is 24.7 Å². The quantitative estimate of drug-likeness (QED) is 0.640. The highest BCUT2D eigenvalue weighted by molar-refractivity contribution is 8.03. The van der Waals surface area contributed by atoms with E-state index < -0.39 is 9.84 Å². The average Bonchev–Trinajstić information content (AvgIpc) is 2.48. The number of hydrogen-bond donors (Lipinski definition) is 0. The van der Waals surface area contributed by atoms with Crippen molar-refractivity contribution in [1.82, 2.24) is 0 Å². The number of rotatable bonds is 4. The zero-order chi connectivity index (χ0) is 15.5. The summed E-state index contributed by atoms with van der Waals surface area (Å²) in [6, 6.07) is 13.1. The minimum Gasteiger partial charge on any atom is -0.378 e. The molecule has 2 aromatic carbocycles. The molecule has 0 saturated heterocycles. The Hall–Kier alpha value is -1.97. The molecule has 0 amide bonds. The largest absolute Gasteiger partial charge is 0.378 e. The van der Waals surface area contributed by atoms with E-state index in [4.69, 9.17) is 5.26 Å². The van der Waals surface area contributed by atoms with Crippen LogP contribution in [0.15, 0.2) is 63.2 Å². The summed E-state index contributed by atoms with van der Waals surface area (Å²) in [5.74, 6) is 0. The first-order chi connectivity index (χ1) is 9.95. The summed E-state index contributed by atoms with van der Waals surface area (Å²) in [6.45, 7) is 0. The van der Waals surface area contributed by atoms with Gasteiger partial charge in [0.15, 0.2) is 0 Å². The molecule has 4 nitrogen and oxygen atoms in total. The standard InChI is InChI=1S/C15H14N2O2S2/c1-17(2)12-4-3-5-15(10-12)21(18,19)14-8-6-13(7-9-14)20-11-16/h3-10H,1-2H3. The van der Waals surface area contributed by atoms with Crippen LogP contribution in [0.3, 0.4) is 0 Å². The molecule has 0 fully saturated rings. The van der Waals surface area contributed by atoms with Gasteiger partial charge in [0.05, 0.1) is 9.79 Å². The van der Waals surface area contributed by atoms with Crippen LogP contribution in [-0.2, 0) is 9.84 Å². The molecular weight excluding hydrogens is 304 g/mol. The average molecular weight is 318 g/mol.